The molecule has 1 heterocycles. The van der Waals surface area contributed by atoms with Crippen molar-refractivity contribution in [3.8, 4) is 0 Å². The van der Waals surface area contributed by atoms with Crippen molar-refractivity contribution in [2.24, 2.45) is 0 Å². The third-order valence-electron chi connectivity index (χ3n) is 4.33. The van der Waals surface area contributed by atoms with E-state index in [1.54, 1.807) is 0 Å². The van der Waals surface area contributed by atoms with Crippen LogP contribution in [0.1, 0.15) is 32.8 Å². The molecule has 1 amide bonds. The van der Waals surface area contributed by atoms with Gasteiger partial charge in [0.2, 0.25) is 0 Å². The van der Waals surface area contributed by atoms with E-state index >= 15 is 0 Å². The van der Waals surface area contributed by atoms with Gasteiger partial charge in [0.05, 0.1) is 0 Å². The lowest BCUT2D eigenvalue weighted by Gasteiger charge is -2.35. The van der Waals surface area contributed by atoms with Crippen molar-refractivity contribution in [1.29, 1.82) is 0 Å². The molecule has 0 saturated carbocycles. The molecule has 140 valence electrons. The molecule has 0 N–H and O–H groups in total. The van der Waals surface area contributed by atoms with Gasteiger partial charge in [-0.2, -0.15) is 0 Å². The minimum absolute atomic E-state index is 0.185. The Morgan fingerprint density at radius 1 is 1.12 bits per heavy atom. The predicted octanol–water partition coefficient (Wildman–Crippen LogP) is 3.06. The van der Waals surface area contributed by atoms with Gasteiger partial charge in [-0.3, -0.25) is 4.90 Å². The maximum absolute atomic E-state index is 12.1. The molecule has 1 fully saturated rings. The smallest absolute Gasteiger partial charge is 0.410 e. The van der Waals surface area contributed by atoms with E-state index in [-0.39, 0.29) is 6.09 Å². The molecule has 1 saturated heterocycles. The molecule has 1 aliphatic rings. The number of hydrogen-bond donors (Lipinski definition) is 0. The fraction of sp³-hybridized carbons (Fsp3) is 0.650. The normalized spacial score (nSPS) is 16.3. The summed E-state index contributed by atoms with van der Waals surface area (Å²) < 4.78 is 5.44. The summed E-state index contributed by atoms with van der Waals surface area (Å²) in [5.74, 6) is 0. The van der Waals surface area contributed by atoms with Crippen LogP contribution < -0.4 is 0 Å². The van der Waals surface area contributed by atoms with E-state index in [2.05, 4.69) is 47.2 Å². The van der Waals surface area contributed by atoms with Crippen molar-refractivity contribution in [2.75, 3.05) is 46.3 Å². The van der Waals surface area contributed by atoms with Crippen LogP contribution in [0, 0.1) is 0 Å². The molecule has 1 aromatic rings. The van der Waals surface area contributed by atoms with Gasteiger partial charge in [0.25, 0.3) is 0 Å². The highest BCUT2D eigenvalue weighted by Crippen LogP contribution is 2.12. The molecule has 2 rings (SSSR count). The number of carbonyl (C=O) groups is 1. The van der Waals surface area contributed by atoms with Gasteiger partial charge in [0.15, 0.2) is 0 Å². The predicted molar refractivity (Wildman–Crippen MR) is 102 cm³/mol. The molecule has 0 bridgehead atoms. The number of nitrogens with zero attached hydrogens (tertiary/aromatic N) is 3. The van der Waals surface area contributed by atoms with Crippen LogP contribution in [0.4, 0.5) is 4.79 Å². The average Bonchev–Trinajstić information content (AvgIpc) is 2.55. The molecule has 0 atom stereocenters. The first-order chi connectivity index (χ1) is 11.8. The highest BCUT2D eigenvalue weighted by atomic mass is 16.6. The maximum Gasteiger partial charge on any atom is 0.410 e. The zero-order valence-corrected chi connectivity index (χ0v) is 16.2. The second-order valence-electron chi connectivity index (χ2n) is 7.89. The molecule has 0 aromatic heterocycles. The molecule has 5 nitrogen and oxygen atoms in total. The first kappa shape index (κ1) is 19.7. The molecule has 0 unspecified atom stereocenters. The van der Waals surface area contributed by atoms with E-state index < -0.39 is 5.60 Å². The fourth-order valence-electron chi connectivity index (χ4n) is 3.02. The van der Waals surface area contributed by atoms with Gasteiger partial charge in [-0.25, -0.2) is 4.79 Å². The number of hydrogen-bond acceptors (Lipinski definition) is 4. The Hall–Kier alpha value is -1.59. The van der Waals surface area contributed by atoms with Crippen molar-refractivity contribution in [1.82, 2.24) is 14.7 Å². The van der Waals surface area contributed by atoms with Crippen molar-refractivity contribution >= 4 is 6.09 Å². The summed E-state index contributed by atoms with van der Waals surface area (Å²) in [5.41, 5.74) is 0.938. The number of piperazine rings is 1. The SMILES string of the molecule is CN(CCCN1CCN(C(=O)OC(C)(C)C)CC1)Cc1ccccc1. The van der Waals surface area contributed by atoms with Crippen LogP contribution in [0.15, 0.2) is 30.3 Å². The highest BCUT2D eigenvalue weighted by Gasteiger charge is 2.25. The molecule has 25 heavy (non-hydrogen) atoms. The standard InChI is InChI=1S/C20H33N3O2/c1-20(2,3)25-19(24)23-15-13-22(14-16-23)12-8-11-21(4)17-18-9-6-5-7-10-18/h5-7,9-10H,8,11-17H2,1-4H3. The van der Waals surface area contributed by atoms with Crippen molar-refractivity contribution in [3.05, 3.63) is 35.9 Å². The molecule has 0 spiro atoms. The number of ether oxygens (including phenoxy) is 1. The zero-order chi connectivity index (χ0) is 18.3. The van der Waals surface area contributed by atoms with E-state index in [1.165, 1.54) is 5.56 Å². The largest absolute Gasteiger partial charge is 0.444 e. The van der Waals surface area contributed by atoms with Crippen molar-refractivity contribution in [2.45, 2.75) is 39.3 Å². The number of benzene rings is 1. The van der Waals surface area contributed by atoms with E-state index in [4.69, 9.17) is 4.74 Å². The van der Waals surface area contributed by atoms with Crippen molar-refractivity contribution < 1.29 is 9.53 Å². The second-order valence-corrected chi connectivity index (χ2v) is 7.89. The lowest BCUT2D eigenvalue weighted by molar-refractivity contribution is 0.0143. The summed E-state index contributed by atoms with van der Waals surface area (Å²) in [4.78, 5) is 18.7. The summed E-state index contributed by atoms with van der Waals surface area (Å²) in [5, 5.41) is 0. The molecule has 1 aliphatic heterocycles. The number of carbonyl (C=O) groups excluding carboxylic acids is 1. The van der Waals surface area contributed by atoms with Crippen LogP contribution in [-0.4, -0.2) is 72.7 Å². The minimum Gasteiger partial charge on any atom is -0.444 e. The maximum atomic E-state index is 12.1. The Morgan fingerprint density at radius 3 is 2.36 bits per heavy atom. The third-order valence-corrected chi connectivity index (χ3v) is 4.33. The van der Waals surface area contributed by atoms with Crippen LogP contribution in [0.3, 0.4) is 0 Å². The van der Waals surface area contributed by atoms with E-state index in [9.17, 15) is 4.79 Å². The van der Waals surface area contributed by atoms with Gasteiger partial charge in [-0.15, -0.1) is 0 Å². The average molecular weight is 348 g/mol. The van der Waals surface area contributed by atoms with E-state index in [1.807, 2.05) is 25.7 Å². The molecular formula is C20H33N3O2. The first-order valence-electron chi connectivity index (χ1n) is 9.26. The Kier molecular flexibility index (Phi) is 7.26. The Balaban J connectivity index is 1.61. The molecule has 1 aromatic carbocycles. The Morgan fingerprint density at radius 2 is 1.76 bits per heavy atom. The summed E-state index contributed by atoms with van der Waals surface area (Å²) in [7, 11) is 2.17. The van der Waals surface area contributed by atoms with Gasteiger partial charge in [0, 0.05) is 32.7 Å². The Labute approximate surface area is 152 Å². The zero-order valence-electron chi connectivity index (χ0n) is 16.2. The first-order valence-corrected chi connectivity index (χ1v) is 9.26. The molecule has 0 radical (unpaired) electrons. The molecule has 0 aliphatic carbocycles. The van der Waals surface area contributed by atoms with Gasteiger partial charge >= 0.3 is 6.09 Å². The second kappa shape index (κ2) is 9.20. The quantitative estimate of drug-likeness (QED) is 0.792. The lowest BCUT2D eigenvalue weighted by Crippen LogP contribution is -2.50. The summed E-state index contributed by atoms with van der Waals surface area (Å²) in [6, 6.07) is 10.6. The monoisotopic (exact) mass is 347 g/mol. The highest BCUT2D eigenvalue weighted by molar-refractivity contribution is 5.68. The van der Waals surface area contributed by atoms with Gasteiger partial charge in [0.1, 0.15) is 5.60 Å². The van der Waals surface area contributed by atoms with Crippen LogP contribution in [0.2, 0.25) is 0 Å². The topological polar surface area (TPSA) is 36.0 Å². The van der Waals surface area contributed by atoms with Crippen molar-refractivity contribution in [3.63, 3.8) is 0 Å². The minimum atomic E-state index is -0.419. The van der Waals surface area contributed by atoms with E-state index in [0.29, 0.717) is 0 Å². The van der Waals surface area contributed by atoms with Gasteiger partial charge < -0.3 is 14.5 Å². The third kappa shape index (κ3) is 7.45. The Bertz CT molecular complexity index is 519. The number of rotatable bonds is 6. The summed E-state index contributed by atoms with van der Waals surface area (Å²) in [6.07, 6.45) is 0.963. The fourth-order valence-corrected chi connectivity index (χ4v) is 3.02. The summed E-state index contributed by atoms with van der Waals surface area (Å²) in [6.45, 7) is 12.3. The lowest BCUT2D eigenvalue weighted by atomic mass is 10.2. The van der Waals surface area contributed by atoms with Crippen LogP contribution >= 0.6 is 0 Å². The van der Waals surface area contributed by atoms with Crippen LogP contribution in [0.5, 0.6) is 0 Å². The van der Waals surface area contributed by atoms with Gasteiger partial charge in [-0.05, 0) is 52.9 Å². The van der Waals surface area contributed by atoms with E-state index in [0.717, 1.165) is 52.2 Å². The molecular weight excluding hydrogens is 314 g/mol. The summed E-state index contributed by atoms with van der Waals surface area (Å²) >= 11 is 0. The molecule has 5 heteroatoms. The number of amides is 1. The van der Waals surface area contributed by atoms with Crippen LogP contribution in [0.25, 0.3) is 0 Å². The van der Waals surface area contributed by atoms with Gasteiger partial charge in [-0.1, -0.05) is 30.3 Å². The van der Waals surface area contributed by atoms with Crippen LogP contribution in [-0.2, 0) is 11.3 Å².